The summed E-state index contributed by atoms with van der Waals surface area (Å²) in [5.74, 6) is -0.813. The summed E-state index contributed by atoms with van der Waals surface area (Å²) in [6.45, 7) is 0. The summed E-state index contributed by atoms with van der Waals surface area (Å²) in [4.78, 5) is 24.4. The molecule has 0 amide bonds. The number of halogens is 2. The molecular weight excluding hydrogens is 273 g/mol. The van der Waals surface area contributed by atoms with E-state index in [1.54, 1.807) is 6.07 Å². The topological polar surface area (TPSA) is 63.1 Å². The molecule has 14 heavy (non-hydrogen) atoms. The normalized spacial score (nSPS) is 10.7. The summed E-state index contributed by atoms with van der Waals surface area (Å²) in [6.07, 6.45) is 0. The van der Waals surface area contributed by atoms with Crippen LogP contribution in [0.15, 0.2) is 30.6 Å². The lowest BCUT2D eigenvalue weighted by Gasteiger charge is -1.98. The predicted molar refractivity (Wildman–Crippen MR) is 55.8 cm³/mol. The van der Waals surface area contributed by atoms with E-state index in [0.717, 1.165) is 0 Å². The van der Waals surface area contributed by atoms with Crippen molar-refractivity contribution < 1.29 is 4.42 Å². The van der Waals surface area contributed by atoms with Gasteiger partial charge in [0.05, 0.1) is 15.9 Å². The molecule has 0 spiro atoms. The van der Waals surface area contributed by atoms with E-state index in [2.05, 4.69) is 25.3 Å². The Hall–Kier alpha value is -1.07. The lowest BCUT2D eigenvalue weighted by atomic mass is 10.2. The van der Waals surface area contributed by atoms with Crippen molar-refractivity contribution in [1.29, 1.82) is 0 Å². The number of H-pyrrole nitrogens is 1. The van der Waals surface area contributed by atoms with E-state index < -0.39 is 11.4 Å². The minimum Gasteiger partial charge on any atom is -0.372 e. The van der Waals surface area contributed by atoms with Gasteiger partial charge >= 0.3 is 11.4 Å². The summed E-state index contributed by atoms with van der Waals surface area (Å²) in [5, 5.41) is 0.531. The van der Waals surface area contributed by atoms with Gasteiger partial charge < -0.3 is 4.42 Å². The second-order valence-electron chi connectivity index (χ2n) is 2.61. The van der Waals surface area contributed by atoms with E-state index in [1.807, 2.05) is 0 Å². The molecule has 0 fully saturated rings. The number of nitrogens with one attached hydrogen (secondary N) is 1. The fourth-order valence-corrected chi connectivity index (χ4v) is 1.98. The molecule has 0 saturated carbocycles. The van der Waals surface area contributed by atoms with Gasteiger partial charge in [-0.25, -0.2) is 9.59 Å². The van der Waals surface area contributed by atoms with Crippen LogP contribution >= 0.6 is 27.5 Å². The molecule has 0 bridgehead atoms. The molecular formula is C8H3BrClNO3. The van der Waals surface area contributed by atoms with Crippen LogP contribution in [0.2, 0.25) is 5.02 Å². The van der Waals surface area contributed by atoms with Crippen molar-refractivity contribution in [3.8, 4) is 0 Å². The monoisotopic (exact) mass is 275 g/mol. The van der Waals surface area contributed by atoms with Crippen molar-refractivity contribution >= 4 is 38.4 Å². The van der Waals surface area contributed by atoms with Crippen LogP contribution in [0.4, 0.5) is 0 Å². The van der Waals surface area contributed by atoms with Crippen LogP contribution < -0.4 is 11.4 Å². The molecule has 1 aromatic heterocycles. The number of hydrogen-bond acceptors (Lipinski definition) is 3. The van der Waals surface area contributed by atoms with E-state index in [4.69, 9.17) is 11.6 Å². The molecule has 1 aromatic carbocycles. The van der Waals surface area contributed by atoms with Gasteiger partial charge in [-0.05, 0) is 12.1 Å². The second kappa shape index (κ2) is 3.25. The molecule has 1 heterocycles. The average molecular weight is 276 g/mol. The smallest absolute Gasteiger partial charge is 0.372 e. The third kappa shape index (κ3) is 1.49. The van der Waals surface area contributed by atoms with Crippen molar-refractivity contribution in [3.63, 3.8) is 0 Å². The molecule has 0 aliphatic heterocycles. The first-order chi connectivity index (χ1) is 6.58. The number of benzene rings is 1. The Kier molecular flexibility index (Phi) is 2.20. The summed E-state index contributed by atoms with van der Waals surface area (Å²) < 4.78 is 5.00. The van der Waals surface area contributed by atoms with Crippen LogP contribution in [-0.2, 0) is 0 Å². The highest BCUT2D eigenvalue weighted by Gasteiger charge is 2.07. The highest BCUT2D eigenvalue weighted by molar-refractivity contribution is 9.10. The van der Waals surface area contributed by atoms with E-state index in [-0.39, 0.29) is 10.9 Å². The quantitative estimate of drug-likeness (QED) is 0.799. The third-order valence-electron chi connectivity index (χ3n) is 1.69. The fraction of sp³-hybridized carbons (Fsp3) is 0. The maximum absolute atomic E-state index is 11.2. The predicted octanol–water partition coefficient (Wildman–Crippen LogP) is 1.90. The van der Waals surface area contributed by atoms with Crippen LogP contribution in [0.3, 0.4) is 0 Å². The van der Waals surface area contributed by atoms with Crippen molar-refractivity contribution in [2.24, 2.45) is 0 Å². The Labute approximate surface area is 90.6 Å². The summed E-state index contributed by atoms with van der Waals surface area (Å²) in [6, 6.07) is 3.11. The minimum atomic E-state index is -0.813. The Balaban J connectivity index is 3.10. The maximum Gasteiger partial charge on any atom is 0.419 e. The van der Waals surface area contributed by atoms with Crippen LogP contribution in [0.1, 0.15) is 0 Å². The molecule has 2 aromatic rings. The summed E-state index contributed by atoms with van der Waals surface area (Å²) in [5.41, 5.74) is -0.414. The summed E-state index contributed by atoms with van der Waals surface area (Å²) >= 11 is 9.00. The second-order valence-corrected chi connectivity index (χ2v) is 3.94. The number of hydrogen-bond donors (Lipinski definition) is 1. The zero-order chi connectivity index (χ0) is 10.3. The Morgan fingerprint density at radius 1 is 1.36 bits per heavy atom. The highest BCUT2D eigenvalue weighted by Crippen LogP contribution is 2.23. The van der Waals surface area contributed by atoms with E-state index in [9.17, 15) is 9.59 Å². The Morgan fingerprint density at radius 3 is 2.79 bits per heavy atom. The minimum absolute atomic E-state index is 0.240. The zero-order valence-electron chi connectivity index (χ0n) is 6.64. The number of aromatic nitrogens is 1. The molecule has 0 aliphatic rings. The lowest BCUT2D eigenvalue weighted by Crippen LogP contribution is -2.14. The van der Waals surface area contributed by atoms with Gasteiger partial charge in [0.25, 0.3) is 0 Å². The van der Waals surface area contributed by atoms with Crippen molar-refractivity contribution in [2.45, 2.75) is 0 Å². The van der Waals surface area contributed by atoms with Gasteiger partial charge in [0.2, 0.25) is 0 Å². The molecule has 4 nitrogen and oxygen atoms in total. The number of rotatable bonds is 0. The zero-order valence-corrected chi connectivity index (χ0v) is 8.98. The first-order valence-corrected chi connectivity index (χ1v) is 4.77. The van der Waals surface area contributed by atoms with Crippen LogP contribution in [0.5, 0.6) is 0 Å². The molecule has 2 rings (SSSR count). The van der Waals surface area contributed by atoms with Crippen molar-refractivity contribution in [3.05, 3.63) is 42.6 Å². The van der Waals surface area contributed by atoms with Gasteiger partial charge in [-0.15, -0.1) is 0 Å². The largest absolute Gasteiger partial charge is 0.419 e. The van der Waals surface area contributed by atoms with Gasteiger partial charge in [-0.1, -0.05) is 27.5 Å². The van der Waals surface area contributed by atoms with Crippen molar-refractivity contribution in [1.82, 2.24) is 4.98 Å². The third-order valence-corrected chi connectivity index (χ3v) is 2.44. The van der Waals surface area contributed by atoms with Gasteiger partial charge in [-0.2, -0.15) is 0 Å². The SMILES string of the molecule is O=c1[nH]c2c(Cl)cc(Br)cc2c(=O)o1. The van der Waals surface area contributed by atoms with E-state index >= 15 is 0 Å². The molecule has 0 atom stereocenters. The van der Waals surface area contributed by atoms with Crippen LogP contribution in [-0.4, -0.2) is 4.98 Å². The van der Waals surface area contributed by atoms with Gasteiger partial charge in [0.15, 0.2) is 0 Å². The number of aromatic amines is 1. The van der Waals surface area contributed by atoms with E-state index in [1.165, 1.54) is 6.07 Å². The molecule has 0 radical (unpaired) electrons. The molecule has 0 saturated heterocycles. The molecule has 0 aliphatic carbocycles. The van der Waals surface area contributed by atoms with Crippen LogP contribution in [0, 0.1) is 0 Å². The fourth-order valence-electron chi connectivity index (χ4n) is 1.13. The molecule has 72 valence electrons. The Morgan fingerprint density at radius 2 is 2.07 bits per heavy atom. The van der Waals surface area contributed by atoms with Gasteiger partial charge in [-0.3, -0.25) is 4.98 Å². The van der Waals surface area contributed by atoms with Gasteiger partial charge in [0, 0.05) is 4.47 Å². The number of fused-ring (bicyclic) bond motifs is 1. The lowest BCUT2D eigenvalue weighted by molar-refractivity contribution is 0.460. The van der Waals surface area contributed by atoms with Crippen molar-refractivity contribution in [2.75, 3.05) is 0 Å². The van der Waals surface area contributed by atoms with Gasteiger partial charge in [0.1, 0.15) is 0 Å². The Bertz CT molecular complexity index is 616. The standard InChI is InChI=1S/C8H3BrClNO3/c9-3-1-4-6(5(10)2-3)11-8(13)14-7(4)12/h1-2H,(H,11,13). The molecule has 0 unspecified atom stereocenters. The molecule has 1 N–H and O–H groups in total. The summed E-state index contributed by atoms with van der Waals surface area (Å²) in [7, 11) is 0. The molecule has 6 heteroatoms. The first kappa shape index (κ1) is 9.48. The van der Waals surface area contributed by atoms with E-state index in [0.29, 0.717) is 9.50 Å². The first-order valence-electron chi connectivity index (χ1n) is 3.60. The average Bonchev–Trinajstić information content (AvgIpc) is 2.07. The highest BCUT2D eigenvalue weighted by atomic mass is 79.9. The van der Waals surface area contributed by atoms with Crippen LogP contribution in [0.25, 0.3) is 10.9 Å². The maximum atomic E-state index is 11.2.